The first-order valence-electron chi connectivity index (χ1n) is 15.9. The van der Waals surface area contributed by atoms with Gasteiger partial charge in [0.2, 0.25) is 11.8 Å². The lowest BCUT2D eigenvalue weighted by Crippen LogP contribution is -2.15. The van der Waals surface area contributed by atoms with Crippen molar-refractivity contribution in [2.24, 2.45) is 11.8 Å². The standard InChI is InChI=1S/2C18H16FN5O/c2*1-9-2-3-21-7-12(9)15-4-10-5-16(22-8-13(10)17(20)23-15)24-18(25)11-6-14(11)19/h2*2-5,7-8,11,14H,6H2,1H3,(H2,20,23)(H,22,24,25)/t2*11-,14+/m10/s1. The minimum atomic E-state index is -1.04. The van der Waals surface area contributed by atoms with Crippen LogP contribution in [0.3, 0.4) is 0 Å². The SMILES string of the molecule is Cc1ccncc1-c1cc2cc(NC(=O)[C@@H]3C[C@@H]3F)ncc2c(N)n1.Cc1ccncc1-c1cc2cc(NC(=O)[C@H]3C[C@H]3F)ncc2c(N)n1. The first-order valence-corrected chi connectivity index (χ1v) is 15.9. The molecule has 2 amide bonds. The van der Waals surface area contributed by atoms with Gasteiger partial charge in [-0.25, -0.2) is 28.7 Å². The van der Waals surface area contributed by atoms with E-state index in [1.54, 1.807) is 49.3 Å². The van der Waals surface area contributed by atoms with Crippen LogP contribution >= 0.6 is 0 Å². The summed E-state index contributed by atoms with van der Waals surface area (Å²) in [5.41, 5.74) is 17.4. The first-order chi connectivity index (χ1) is 24.0. The zero-order chi connectivity index (χ0) is 35.1. The Hall–Kier alpha value is -6.18. The molecule has 0 saturated heterocycles. The molecule has 0 spiro atoms. The molecule has 8 rings (SSSR count). The van der Waals surface area contributed by atoms with Gasteiger partial charge in [-0.1, -0.05) is 0 Å². The number of aryl methyl sites for hydroxylation is 2. The third-order valence-corrected chi connectivity index (χ3v) is 8.72. The summed E-state index contributed by atoms with van der Waals surface area (Å²) in [5.74, 6) is -0.358. The smallest absolute Gasteiger partial charge is 0.231 e. The van der Waals surface area contributed by atoms with Crippen LogP contribution in [0.2, 0.25) is 0 Å². The first kappa shape index (κ1) is 32.4. The molecule has 6 N–H and O–H groups in total. The lowest BCUT2D eigenvalue weighted by molar-refractivity contribution is -0.118. The van der Waals surface area contributed by atoms with Crippen molar-refractivity contribution >= 4 is 56.6 Å². The number of nitrogens with two attached hydrogens (primary N) is 2. The fourth-order valence-electron chi connectivity index (χ4n) is 5.53. The Balaban J connectivity index is 0.000000157. The molecule has 6 heterocycles. The minimum Gasteiger partial charge on any atom is -0.383 e. The van der Waals surface area contributed by atoms with Gasteiger partial charge in [-0.05, 0) is 85.0 Å². The molecule has 50 heavy (non-hydrogen) atoms. The number of nitrogens with zero attached hydrogens (tertiary/aromatic N) is 6. The Morgan fingerprint density at radius 3 is 1.44 bits per heavy atom. The number of rotatable bonds is 6. The van der Waals surface area contributed by atoms with Crippen molar-refractivity contribution in [2.75, 3.05) is 22.1 Å². The quantitative estimate of drug-likeness (QED) is 0.169. The van der Waals surface area contributed by atoms with Gasteiger partial charge in [-0.3, -0.25) is 19.6 Å². The van der Waals surface area contributed by atoms with Crippen molar-refractivity contribution in [1.29, 1.82) is 0 Å². The summed E-state index contributed by atoms with van der Waals surface area (Å²) in [4.78, 5) is 49.3. The number of hydrogen-bond donors (Lipinski definition) is 4. The summed E-state index contributed by atoms with van der Waals surface area (Å²) in [7, 11) is 0. The van der Waals surface area contributed by atoms with E-state index in [4.69, 9.17) is 11.5 Å². The van der Waals surface area contributed by atoms with Gasteiger partial charge in [-0.2, -0.15) is 0 Å². The lowest BCUT2D eigenvalue weighted by Gasteiger charge is -2.10. The van der Waals surface area contributed by atoms with Crippen LogP contribution in [0.15, 0.2) is 73.6 Å². The predicted octanol–water partition coefficient (Wildman–Crippen LogP) is 5.76. The molecule has 0 radical (unpaired) electrons. The number of nitrogen functional groups attached to an aromatic ring is 2. The highest BCUT2D eigenvalue weighted by molar-refractivity contribution is 6.00. The summed E-state index contributed by atoms with van der Waals surface area (Å²) in [6.07, 6.45) is 8.51. The van der Waals surface area contributed by atoms with Gasteiger partial charge in [-0.15, -0.1) is 0 Å². The molecular weight excluding hydrogens is 642 g/mol. The van der Waals surface area contributed by atoms with Crippen LogP contribution in [-0.4, -0.2) is 54.1 Å². The second kappa shape index (κ2) is 13.0. The van der Waals surface area contributed by atoms with Crippen molar-refractivity contribution < 1.29 is 18.4 Å². The summed E-state index contributed by atoms with van der Waals surface area (Å²) in [5, 5.41) is 8.28. The van der Waals surface area contributed by atoms with Crippen molar-refractivity contribution in [3.63, 3.8) is 0 Å². The van der Waals surface area contributed by atoms with E-state index in [-0.39, 0.29) is 24.7 Å². The predicted molar refractivity (Wildman–Crippen MR) is 187 cm³/mol. The van der Waals surface area contributed by atoms with E-state index in [1.807, 2.05) is 38.1 Å². The number of carbonyl (C=O) groups excluding carboxylic acids is 2. The molecule has 12 nitrogen and oxygen atoms in total. The summed E-state index contributed by atoms with van der Waals surface area (Å²) in [6, 6.07) is 11.0. The zero-order valence-corrected chi connectivity index (χ0v) is 27.1. The third kappa shape index (κ3) is 6.72. The molecule has 0 aliphatic heterocycles. The molecule has 2 fully saturated rings. The van der Waals surface area contributed by atoms with E-state index in [0.29, 0.717) is 45.4 Å². The van der Waals surface area contributed by atoms with Crippen LogP contribution in [0, 0.1) is 25.7 Å². The molecular formula is C36H32F2N10O2. The number of halogens is 2. The molecule has 0 unspecified atom stereocenters. The van der Waals surface area contributed by atoms with Crippen molar-refractivity contribution in [3.05, 3.63) is 84.7 Å². The summed E-state index contributed by atoms with van der Waals surface area (Å²) in [6.45, 7) is 3.95. The molecule has 14 heteroatoms. The maximum Gasteiger partial charge on any atom is 0.231 e. The number of hydrogen-bond acceptors (Lipinski definition) is 10. The molecule has 4 atom stereocenters. The van der Waals surface area contributed by atoms with Crippen LogP contribution in [-0.2, 0) is 9.59 Å². The van der Waals surface area contributed by atoms with Gasteiger partial charge in [0, 0.05) is 59.1 Å². The highest BCUT2D eigenvalue weighted by Gasteiger charge is 2.44. The number of amides is 2. The Morgan fingerprint density at radius 1 is 0.680 bits per heavy atom. The number of fused-ring (bicyclic) bond motifs is 2. The number of pyridine rings is 6. The van der Waals surface area contributed by atoms with Crippen LogP contribution in [0.25, 0.3) is 44.1 Å². The maximum atomic E-state index is 13.0. The average Bonchev–Trinajstić information content (AvgIpc) is 4.02. The highest BCUT2D eigenvalue weighted by Crippen LogP contribution is 2.36. The van der Waals surface area contributed by atoms with Gasteiger partial charge in [0.15, 0.2) is 0 Å². The summed E-state index contributed by atoms with van der Waals surface area (Å²) < 4.78 is 26.0. The second-order valence-electron chi connectivity index (χ2n) is 12.4. The van der Waals surface area contributed by atoms with Crippen molar-refractivity contribution in [3.8, 4) is 22.5 Å². The van der Waals surface area contributed by atoms with E-state index in [0.717, 1.165) is 33.0 Å². The van der Waals surface area contributed by atoms with E-state index in [9.17, 15) is 18.4 Å². The fourth-order valence-corrected chi connectivity index (χ4v) is 5.53. The maximum absolute atomic E-state index is 13.0. The second-order valence-corrected chi connectivity index (χ2v) is 12.4. The molecule has 2 aliphatic carbocycles. The number of carbonyl (C=O) groups is 2. The Labute approximate surface area is 284 Å². The molecule has 0 bridgehead atoms. The molecule has 0 aromatic carbocycles. The third-order valence-electron chi connectivity index (χ3n) is 8.72. The Kier molecular flexibility index (Phi) is 8.43. The number of anilines is 4. The van der Waals surface area contributed by atoms with Gasteiger partial charge in [0.1, 0.15) is 35.6 Å². The molecule has 252 valence electrons. The number of nitrogens with one attached hydrogen (secondary N) is 2. The number of aromatic nitrogens is 6. The molecule has 2 aliphatic rings. The summed E-state index contributed by atoms with van der Waals surface area (Å²) >= 11 is 0. The molecule has 6 aromatic rings. The average molecular weight is 675 g/mol. The minimum absolute atomic E-state index is 0.278. The Bertz CT molecular complexity index is 2140. The van der Waals surface area contributed by atoms with E-state index < -0.39 is 24.2 Å². The monoisotopic (exact) mass is 674 g/mol. The molecule has 6 aromatic heterocycles. The van der Waals surface area contributed by atoms with Gasteiger partial charge in [0.25, 0.3) is 0 Å². The van der Waals surface area contributed by atoms with Gasteiger partial charge >= 0.3 is 0 Å². The lowest BCUT2D eigenvalue weighted by atomic mass is 10.1. The zero-order valence-electron chi connectivity index (χ0n) is 27.1. The topological polar surface area (TPSA) is 188 Å². The number of alkyl halides is 2. The largest absolute Gasteiger partial charge is 0.383 e. The van der Waals surface area contributed by atoms with E-state index in [1.165, 1.54) is 0 Å². The Morgan fingerprint density at radius 2 is 1.08 bits per heavy atom. The van der Waals surface area contributed by atoms with Crippen LogP contribution in [0.5, 0.6) is 0 Å². The van der Waals surface area contributed by atoms with Crippen LogP contribution in [0.4, 0.5) is 32.1 Å². The highest BCUT2D eigenvalue weighted by atomic mass is 19.1. The molecule has 2 saturated carbocycles. The van der Waals surface area contributed by atoms with Crippen LogP contribution < -0.4 is 22.1 Å². The normalized spacial score (nSPS) is 19.0. The van der Waals surface area contributed by atoms with Gasteiger partial charge in [0.05, 0.1) is 23.2 Å². The van der Waals surface area contributed by atoms with Gasteiger partial charge < -0.3 is 22.1 Å². The van der Waals surface area contributed by atoms with E-state index >= 15 is 0 Å². The van der Waals surface area contributed by atoms with Crippen LogP contribution in [0.1, 0.15) is 24.0 Å². The fraction of sp³-hybridized carbons (Fsp3) is 0.222. The van der Waals surface area contributed by atoms with Crippen molar-refractivity contribution in [2.45, 2.75) is 39.0 Å². The van der Waals surface area contributed by atoms with Crippen molar-refractivity contribution in [1.82, 2.24) is 29.9 Å². The van der Waals surface area contributed by atoms with E-state index in [2.05, 4.69) is 40.5 Å².